The number of fused-ring (bicyclic) bond motifs is 1. The second-order valence-electron chi connectivity index (χ2n) is 9.03. The number of hydrogen-bond donors (Lipinski definition) is 2. The SMILES string of the molecule is C=CCOC(=O)C(C)(C)c1ccc(C2(NC(=O)c3[nH]c4ccc(Cl)c(Cl)c4c3C)COC2)cc1. The zero-order chi connectivity index (χ0) is 24.7. The van der Waals surface area contributed by atoms with Gasteiger partial charge in [0.25, 0.3) is 5.91 Å². The van der Waals surface area contributed by atoms with Crippen LogP contribution in [-0.4, -0.2) is 36.7 Å². The molecular formula is C26H26Cl2N2O4. The molecule has 0 radical (unpaired) electrons. The van der Waals surface area contributed by atoms with E-state index in [0.717, 1.165) is 27.6 Å². The van der Waals surface area contributed by atoms with Gasteiger partial charge in [0.15, 0.2) is 0 Å². The molecule has 1 aromatic heterocycles. The van der Waals surface area contributed by atoms with Gasteiger partial charge in [-0.1, -0.05) is 60.1 Å². The van der Waals surface area contributed by atoms with Gasteiger partial charge in [0.05, 0.1) is 28.7 Å². The van der Waals surface area contributed by atoms with Crippen molar-refractivity contribution in [2.45, 2.75) is 31.7 Å². The van der Waals surface area contributed by atoms with E-state index in [1.54, 1.807) is 12.1 Å². The van der Waals surface area contributed by atoms with Crippen LogP contribution in [0.1, 0.15) is 41.0 Å². The Balaban J connectivity index is 1.59. The smallest absolute Gasteiger partial charge is 0.316 e. The van der Waals surface area contributed by atoms with Crippen LogP contribution in [0.15, 0.2) is 49.1 Å². The number of carbonyl (C=O) groups is 2. The van der Waals surface area contributed by atoms with Crippen molar-refractivity contribution in [3.63, 3.8) is 0 Å². The van der Waals surface area contributed by atoms with E-state index in [-0.39, 0.29) is 18.5 Å². The summed E-state index contributed by atoms with van der Waals surface area (Å²) in [4.78, 5) is 28.9. The van der Waals surface area contributed by atoms with Crippen LogP contribution < -0.4 is 5.32 Å². The molecule has 3 aromatic rings. The van der Waals surface area contributed by atoms with E-state index in [9.17, 15) is 9.59 Å². The Morgan fingerprint density at radius 2 is 1.88 bits per heavy atom. The van der Waals surface area contributed by atoms with E-state index in [1.165, 1.54) is 6.08 Å². The molecule has 0 saturated carbocycles. The van der Waals surface area contributed by atoms with E-state index >= 15 is 0 Å². The third-order valence-electron chi connectivity index (χ3n) is 6.38. The summed E-state index contributed by atoms with van der Waals surface area (Å²) >= 11 is 12.5. The second-order valence-corrected chi connectivity index (χ2v) is 9.81. The first-order chi connectivity index (χ1) is 16.1. The van der Waals surface area contributed by atoms with Crippen molar-refractivity contribution in [2.75, 3.05) is 19.8 Å². The molecule has 0 atom stereocenters. The van der Waals surface area contributed by atoms with Gasteiger partial charge < -0.3 is 19.8 Å². The lowest BCUT2D eigenvalue weighted by Crippen LogP contribution is -2.59. The number of aryl methyl sites for hydroxylation is 1. The Hall–Kier alpha value is -2.80. The summed E-state index contributed by atoms with van der Waals surface area (Å²) in [5, 5.41) is 4.71. The Morgan fingerprint density at radius 3 is 2.47 bits per heavy atom. The lowest BCUT2D eigenvalue weighted by molar-refractivity contribution is -0.148. The molecule has 2 N–H and O–H groups in total. The number of carbonyl (C=O) groups excluding carboxylic acids is 2. The van der Waals surface area contributed by atoms with E-state index in [2.05, 4.69) is 16.9 Å². The summed E-state index contributed by atoms with van der Waals surface area (Å²) in [6.45, 7) is 9.88. The van der Waals surface area contributed by atoms with Crippen LogP contribution in [0.2, 0.25) is 10.0 Å². The molecule has 1 amide bonds. The van der Waals surface area contributed by atoms with Crippen LogP contribution in [-0.2, 0) is 25.2 Å². The highest BCUT2D eigenvalue weighted by molar-refractivity contribution is 6.45. The van der Waals surface area contributed by atoms with E-state index < -0.39 is 11.0 Å². The number of nitrogens with one attached hydrogen (secondary N) is 2. The van der Waals surface area contributed by atoms with Gasteiger partial charge in [-0.05, 0) is 49.6 Å². The molecule has 1 saturated heterocycles. The largest absolute Gasteiger partial charge is 0.461 e. The van der Waals surface area contributed by atoms with Gasteiger partial charge in [-0.15, -0.1) is 0 Å². The van der Waals surface area contributed by atoms with Crippen molar-refractivity contribution >= 4 is 46.0 Å². The molecule has 0 aliphatic carbocycles. The van der Waals surface area contributed by atoms with Crippen LogP contribution in [0.25, 0.3) is 10.9 Å². The molecule has 0 unspecified atom stereocenters. The molecule has 6 nitrogen and oxygen atoms in total. The Labute approximate surface area is 208 Å². The molecule has 1 fully saturated rings. The number of halogens is 2. The Bertz CT molecular complexity index is 1270. The summed E-state index contributed by atoms with van der Waals surface area (Å²) < 4.78 is 10.7. The standard InChI is InChI=1S/C26H26Cl2N2O4/c1-5-12-34-24(32)25(3,4)16-6-8-17(9-7-16)26(13-33-14-26)30-23(31)22-15(2)20-19(29-22)11-10-18(27)21(20)28/h5-11,29H,1,12-14H2,2-4H3,(H,30,31). The highest BCUT2D eigenvalue weighted by Crippen LogP contribution is 2.36. The number of esters is 1. The minimum Gasteiger partial charge on any atom is -0.461 e. The molecule has 0 spiro atoms. The fourth-order valence-electron chi connectivity index (χ4n) is 4.14. The molecule has 0 bridgehead atoms. The zero-order valence-corrected chi connectivity index (χ0v) is 20.8. The fourth-order valence-corrected chi connectivity index (χ4v) is 4.60. The van der Waals surface area contributed by atoms with Gasteiger partial charge in [0.1, 0.15) is 17.8 Å². The van der Waals surface area contributed by atoms with Gasteiger partial charge in [-0.3, -0.25) is 9.59 Å². The summed E-state index contributed by atoms with van der Waals surface area (Å²) in [6, 6.07) is 11.1. The molecule has 1 aliphatic heterocycles. The highest BCUT2D eigenvalue weighted by Gasteiger charge is 2.43. The average Bonchev–Trinajstić information content (AvgIpc) is 3.14. The van der Waals surface area contributed by atoms with Crippen molar-refractivity contribution in [3.8, 4) is 0 Å². The van der Waals surface area contributed by atoms with Crippen LogP contribution in [0.4, 0.5) is 0 Å². The lowest BCUT2D eigenvalue weighted by Gasteiger charge is -2.42. The summed E-state index contributed by atoms with van der Waals surface area (Å²) in [5.74, 6) is -0.593. The van der Waals surface area contributed by atoms with Gasteiger partial charge >= 0.3 is 5.97 Å². The maximum atomic E-state index is 13.3. The summed E-state index contributed by atoms with van der Waals surface area (Å²) in [6.07, 6.45) is 1.54. The molecule has 2 heterocycles. The molecule has 8 heteroatoms. The number of aromatic amines is 1. The van der Waals surface area contributed by atoms with Crippen molar-refractivity contribution in [2.24, 2.45) is 0 Å². The maximum absolute atomic E-state index is 13.3. The maximum Gasteiger partial charge on any atom is 0.316 e. The molecule has 1 aliphatic rings. The van der Waals surface area contributed by atoms with Gasteiger partial charge in [-0.25, -0.2) is 0 Å². The van der Waals surface area contributed by atoms with Crippen LogP contribution in [0, 0.1) is 6.92 Å². The molecule has 34 heavy (non-hydrogen) atoms. The lowest BCUT2D eigenvalue weighted by atomic mass is 9.81. The molecule has 4 rings (SSSR count). The molecular weight excluding hydrogens is 475 g/mol. The van der Waals surface area contributed by atoms with E-state index in [1.807, 2.05) is 45.0 Å². The van der Waals surface area contributed by atoms with Crippen molar-refractivity contribution in [1.29, 1.82) is 0 Å². The van der Waals surface area contributed by atoms with Crippen LogP contribution in [0.3, 0.4) is 0 Å². The van der Waals surface area contributed by atoms with Gasteiger partial charge in [-0.2, -0.15) is 0 Å². The number of aromatic nitrogens is 1. The predicted octanol–water partition coefficient (Wildman–Crippen LogP) is 5.45. The second kappa shape index (κ2) is 9.10. The van der Waals surface area contributed by atoms with Crippen molar-refractivity contribution in [3.05, 3.63) is 81.5 Å². The number of amides is 1. The quantitative estimate of drug-likeness (QED) is 0.334. The van der Waals surface area contributed by atoms with E-state index in [4.69, 9.17) is 32.7 Å². The summed E-state index contributed by atoms with van der Waals surface area (Å²) in [7, 11) is 0. The topological polar surface area (TPSA) is 80.4 Å². The van der Waals surface area contributed by atoms with Crippen LogP contribution in [0.5, 0.6) is 0 Å². The van der Waals surface area contributed by atoms with E-state index in [0.29, 0.717) is 29.0 Å². The number of ether oxygens (including phenoxy) is 2. The Kier molecular flexibility index (Phi) is 6.51. The normalized spacial score (nSPS) is 15.0. The number of rotatable bonds is 7. The minimum absolute atomic E-state index is 0.164. The van der Waals surface area contributed by atoms with Crippen LogP contribution >= 0.6 is 23.2 Å². The monoisotopic (exact) mass is 500 g/mol. The minimum atomic E-state index is -0.823. The first-order valence-electron chi connectivity index (χ1n) is 10.9. The van der Waals surface area contributed by atoms with Crippen molar-refractivity contribution < 1.29 is 19.1 Å². The number of benzene rings is 2. The molecule has 178 valence electrons. The van der Waals surface area contributed by atoms with Crippen molar-refractivity contribution in [1.82, 2.24) is 10.3 Å². The van der Waals surface area contributed by atoms with Gasteiger partial charge in [0, 0.05) is 10.9 Å². The number of hydrogen-bond acceptors (Lipinski definition) is 4. The summed E-state index contributed by atoms with van der Waals surface area (Å²) in [5.41, 5.74) is 2.10. The Morgan fingerprint density at radius 1 is 1.21 bits per heavy atom. The number of H-pyrrole nitrogens is 1. The first kappa shape index (κ1) is 24.3. The predicted molar refractivity (Wildman–Crippen MR) is 134 cm³/mol. The van der Waals surface area contributed by atoms with Gasteiger partial charge in [0.2, 0.25) is 0 Å². The molecule has 2 aromatic carbocycles. The average molecular weight is 501 g/mol. The first-order valence-corrected chi connectivity index (χ1v) is 11.6. The zero-order valence-electron chi connectivity index (χ0n) is 19.3. The third kappa shape index (κ3) is 4.11. The highest BCUT2D eigenvalue weighted by atomic mass is 35.5. The fraction of sp³-hybridized carbons (Fsp3) is 0.308. The third-order valence-corrected chi connectivity index (χ3v) is 7.19.